The van der Waals surface area contributed by atoms with E-state index in [0.29, 0.717) is 30.5 Å². The van der Waals surface area contributed by atoms with Crippen LogP contribution in [0.2, 0.25) is 5.02 Å². The summed E-state index contributed by atoms with van der Waals surface area (Å²) in [5.41, 5.74) is 0. The van der Waals surface area contributed by atoms with Crippen LogP contribution in [0, 0.1) is 5.82 Å². The Morgan fingerprint density at radius 2 is 2.06 bits per heavy atom. The summed E-state index contributed by atoms with van der Waals surface area (Å²) < 4.78 is 23.3. The first-order chi connectivity index (χ1) is 8.24. The van der Waals surface area contributed by atoms with Gasteiger partial charge < -0.3 is 14.8 Å². The van der Waals surface area contributed by atoms with Crippen molar-refractivity contribution in [3.63, 3.8) is 0 Å². The number of ether oxygens (including phenoxy) is 2. The van der Waals surface area contributed by atoms with Gasteiger partial charge in [-0.2, -0.15) is 0 Å². The monoisotopic (exact) mass is 261 g/mol. The number of hydrogen-bond acceptors (Lipinski definition) is 3. The van der Waals surface area contributed by atoms with Crippen molar-refractivity contribution in [2.75, 3.05) is 32.9 Å². The van der Waals surface area contributed by atoms with E-state index < -0.39 is 0 Å². The molecule has 0 aliphatic rings. The van der Waals surface area contributed by atoms with Crippen LogP contribution in [0.1, 0.15) is 6.92 Å². The number of halogens is 2. The first kappa shape index (κ1) is 14.2. The molecule has 0 radical (unpaired) electrons. The molecule has 0 aliphatic heterocycles. The van der Waals surface area contributed by atoms with Gasteiger partial charge in [0, 0.05) is 19.7 Å². The molecule has 0 spiro atoms. The minimum atomic E-state index is -0.364. The Balaban J connectivity index is 2.14. The minimum absolute atomic E-state index is 0.291. The summed E-state index contributed by atoms with van der Waals surface area (Å²) in [5, 5.41) is 3.45. The maximum Gasteiger partial charge on any atom is 0.138 e. The fourth-order valence-electron chi connectivity index (χ4n) is 1.24. The Bertz CT molecular complexity index is 336. The molecule has 0 heterocycles. The van der Waals surface area contributed by atoms with E-state index in [1.54, 1.807) is 0 Å². The van der Waals surface area contributed by atoms with Gasteiger partial charge in [-0.3, -0.25) is 0 Å². The standard InChI is InChI=1S/C12H17ClFNO2/c1-2-16-7-5-15-6-8-17-12-4-3-10(14)9-11(12)13/h3-4,9,15H,2,5-8H2,1H3. The smallest absolute Gasteiger partial charge is 0.138 e. The number of benzene rings is 1. The number of hydrogen-bond donors (Lipinski definition) is 1. The zero-order chi connectivity index (χ0) is 12.5. The first-order valence-electron chi connectivity index (χ1n) is 5.60. The maximum absolute atomic E-state index is 12.7. The van der Waals surface area contributed by atoms with Crippen LogP contribution in [-0.4, -0.2) is 32.9 Å². The molecule has 0 unspecified atom stereocenters. The Kier molecular flexibility index (Phi) is 6.93. The van der Waals surface area contributed by atoms with E-state index in [0.717, 1.165) is 13.2 Å². The van der Waals surface area contributed by atoms with Crippen LogP contribution in [0.4, 0.5) is 4.39 Å². The highest BCUT2D eigenvalue weighted by Gasteiger charge is 2.02. The normalized spacial score (nSPS) is 10.5. The lowest BCUT2D eigenvalue weighted by Gasteiger charge is -2.08. The Hall–Kier alpha value is -0.840. The molecule has 0 saturated heterocycles. The van der Waals surface area contributed by atoms with Crippen molar-refractivity contribution in [1.82, 2.24) is 5.32 Å². The molecule has 1 aromatic rings. The van der Waals surface area contributed by atoms with Gasteiger partial charge in [-0.15, -0.1) is 0 Å². The highest BCUT2D eigenvalue weighted by atomic mass is 35.5. The second-order valence-electron chi connectivity index (χ2n) is 3.37. The molecular formula is C12H17ClFNO2. The highest BCUT2D eigenvalue weighted by molar-refractivity contribution is 6.32. The summed E-state index contributed by atoms with van der Waals surface area (Å²) in [5.74, 6) is 0.136. The summed E-state index contributed by atoms with van der Waals surface area (Å²) in [6.45, 7) is 5.34. The van der Waals surface area contributed by atoms with E-state index in [2.05, 4.69) is 5.32 Å². The molecule has 3 nitrogen and oxygen atoms in total. The van der Waals surface area contributed by atoms with Crippen molar-refractivity contribution >= 4 is 11.6 Å². The lowest BCUT2D eigenvalue weighted by Crippen LogP contribution is -2.25. The molecular weight excluding hydrogens is 245 g/mol. The second-order valence-corrected chi connectivity index (χ2v) is 3.78. The van der Waals surface area contributed by atoms with Gasteiger partial charge in [-0.05, 0) is 25.1 Å². The summed E-state index contributed by atoms with van der Waals surface area (Å²) >= 11 is 5.81. The molecule has 1 N–H and O–H groups in total. The zero-order valence-corrected chi connectivity index (χ0v) is 10.6. The van der Waals surface area contributed by atoms with Gasteiger partial charge in [0.2, 0.25) is 0 Å². The van der Waals surface area contributed by atoms with Gasteiger partial charge in [0.1, 0.15) is 18.2 Å². The maximum atomic E-state index is 12.7. The minimum Gasteiger partial charge on any atom is -0.491 e. The lowest BCUT2D eigenvalue weighted by atomic mass is 10.3. The van der Waals surface area contributed by atoms with Crippen molar-refractivity contribution in [1.29, 1.82) is 0 Å². The molecule has 0 saturated carbocycles. The van der Waals surface area contributed by atoms with E-state index in [1.165, 1.54) is 18.2 Å². The van der Waals surface area contributed by atoms with Gasteiger partial charge in [-0.1, -0.05) is 11.6 Å². The Labute approximate surface area is 106 Å². The zero-order valence-electron chi connectivity index (χ0n) is 9.84. The second kappa shape index (κ2) is 8.28. The fraction of sp³-hybridized carbons (Fsp3) is 0.500. The molecule has 0 aromatic heterocycles. The quantitative estimate of drug-likeness (QED) is 0.730. The number of nitrogens with one attached hydrogen (secondary N) is 1. The van der Waals surface area contributed by atoms with Crippen LogP contribution < -0.4 is 10.1 Å². The third kappa shape index (κ3) is 5.86. The van der Waals surface area contributed by atoms with E-state index in [1.807, 2.05) is 6.92 Å². The van der Waals surface area contributed by atoms with Crippen molar-refractivity contribution in [2.24, 2.45) is 0 Å². The molecule has 0 bridgehead atoms. The van der Waals surface area contributed by atoms with Gasteiger partial charge >= 0.3 is 0 Å². The predicted octanol–water partition coefficient (Wildman–Crippen LogP) is 2.48. The summed E-state index contributed by atoms with van der Waals surface area (Å²) in [6.07, 6.45) is 0. The van der Waals surface area contributed by atoms with Gasteiger partial charge in [0.15, 0.2) is 0 Å². The third-order valence-corrected chi connectivity index (χ3v) is 2.35. The summed E-state index contributed by atoms with van der Waals surface area (Å²) in [7, 11) is 0. The average molecular weight is 262 g/mol. The molecule has 5 heteroatoms. The molecule has 1 aromatic carbocycles. The van der Waals surface area contributed by atoms with Crippen molar-refractivity contribution in [3.8, 4) is 5.75 Å². The van der Waals surface area contributed by atoms with Crippen LogP contribution in [0.5, 0.6) is 5.75 Å². The topological polar surface area (TPSA) is 30.5 Å². The van der Waals surface area contributed by atoms with E-state index in [-0.39, 0.29) is 5.82 Å². The molecule has 0 amide bonds. The van der Waals surface area contributed by atoms with Gasteiger partial charge in [0.25, 0.3) is 0 Å². The number of rotatable bonds is 8. The van der Waals surface area contributed by atoms with Crippen molar-refractivity contribution < 1.29 is 13.9 Å². The average Bonchev–Trinajstić information content (AvgIpc) is 2.30. The molecule has 0 aliphatic carbocycles. The predicted molar refractivity (Wildman–Crippen MR) is 66.3 cm³/mol. The first-order valence-corrected chi connectivity index (χ1v) is 5.98. The highest BCUT2D eigenvalue weighted by Crippen LogP contribution is 2.24. The Morgan fingerprint density at radius 3 is 2.76 bits per heavy atom. The molecule has 0 atom stereocenters. The van der Waals surface area contributed by atoms with Gasteiger partial charge in [0.05, 0.1) is 11.6 Å². The Morgan fingerprint density at radius 1 is 1.29 bits per heavy atom. The summed E-state index contributed by atoms with van der Waals surface area (Å²) in [6, 6.07) is 4.08. The van der Waals surface area contributed by atoms with E-state index in [4.69, 9.17) is 21.1 Å². The SMILES string of the molecule is CCOCCNCCOc1ccc(F)cc1Cl. The molecule has 0 fully saturated rings. The van der Waals surface area contributed by atoms with Crippen molar-refractivity contribution in [2.45, 2.75) is 6.92 Å². The van der Waals surface area contributed by atoms with E-state index in [9.17, 15) is 4.39 Å². The van der Waals surface area contributed by atoms with Crippen LogP contribution in [0.3, 0.4) is 0 Å². The molecule has 17 heavy (non-hydrogen) atoms. The van der Waals surface area contributed by atoms with Crippen LogP contribution in [0.25, 0.3) is 0 Å². The largest absolute Gasteiger partial charge is 0.491 e. The molecule has 1 rings (SSSR count). The van der Waals surface area contributed by atoms with Crippen LogP contribution >= 0.6 is 11.6 Å². The van der Waals surface area contributed by atoms with Crippen molar-refractivity contribution in [3.05, 3.63) is 29.0 Å². The lowest BCUT2D eigenvalue weighted by molar-refractivity contribution is 0.148. The third-order valence-electron chi connectivity index (χ3n) is 2.06. The van der Waals surface area contributed by atoms with Crippen LogP contribution in [-0.2, 0) is 4.74 Å². The fourth-order valence-corrected chi connectivity index (χ4v) is 1.46. The molecule has 96 valence electrons. The van der Waals surface area contributed by atoms with E-state index >= 15 is 0 Å². The van der Waals surface area contributed by atoms with Gasteiger partial charge in [-0.25, -0.2) is 4.39 Å². The summed E-state index contributed by atoms with van der Waals surface area (Å²) in [4.78, 5) is 0. The van der Waals surface area contributed by atoms with Crippen LogP contribution in [0.15, 0.2) is 18.2 Å².